The molecule has 0 aliphatic carbocycles. The van der Waals surface area contributed by atoms with Gasteiger partial charge in [-0.2, -0.15) is 5.10 Å². The zero-order valence-electron chi connectivity index (χ0n) is 12.3. The minimum atomic E-state index is -0.442. The Morgan fingerprint density at radius 3 is 2.52 bits per heavy atom. The molecule has 3 aromatic rings. The molecule has 0 saturated heterocycles. The van der Waals surface area contributed by atoms with Gasteiger partial charge in [0.15, 0.2) is 0 Å². The van der Waals surface area contributed by atoms with Crippen molar-refractivity contribution in [1.82, 2.24) is 9.97 Å². The number of nitrogens with one attached hydrogen (secondary N) is 1. The molecule has 0 amide bonds. The molecule has 0 spiro atoms. The second kappa shape index (κ2) is 6.18. The lowest BCUT2D eigenvalue weighted by Gasteiger charge is -2.04. The molecule has 0 radical (unpaired) electrons. The van der Waals surface area contributed by atoms with Crippen molar-refractivity contribution in [3.05, 3.63) is 70.5 Å². The molecule has 1 aromatic heterocycles. The first-order chi connectivity index (χ1) is 11.1. The number of non-ortho nitro benzene ring substituents is 1. The van der Waals surface area contributed by atoms with E-state index < -0.39 is 4.92 Å². The van der Waals surface area contributed by atoms with E-state index in [1.54, 1.807) is 18.3 Å². The lowest BCUT2D eigenvalue weighted by molar-refractivity contribution is -0.384. The maximum Gasteiger partial charge on any atom is 0.269 e. The van der Waals surface area contributed by atoms with Crippen LogP contribution in [-0.2, 0) is 0 Å². The highest BCUT2D eigenvalue weighted by Crippen LogP contribution is 2.15. The van der Waals surface area contributed by atoms with Crippen molar-refractivity contribution in [2.45, 2.75) is 6.92 Å². The van der Waals surface area contributed by atoms with E-state index in [-0.39, 0.29) is 5.69 Å². The number of rotatable bonds is 4. The maximum atomic E-state index is 10.6. The summed E-state index contributed by atoms with van der Waals surface area (Å²) in [4.78, 5) is 19.0. The fourth-order valence-electron chi connectivity index (χ4n) is 1.99. The number of fused-ring (bicyclic) bond motifs is 1. The molecule has 114 valence electrons. The highest BCUT2D eigenvalue weighted by molar-refractivity contribution is 5.98. The average Bonchev–Trinajstić information content (AvgIpc) is 2.59. The van der Waals surface area contributed by atoms with Crippen molar-refractivity contribution in [2.24, 2.45) is 5.10 Å². The number of hydrogen-bond donors (Lipinski definition) is 1. The summed E-state index contributed by atoms with van der Waals surface area (Å²) < 4.78 is 0. The van der Waals surface area contributed by atoms with Crippen molar-refractivity contribution in [3.63, 3.8) is 0 Å². The summed E-state index contributed by atoms with van der Waals surface area (Å²) in [7, 11) is 0. The van der Waals surface area contributed by atoms with Crippen LogP contribution in [0.5, 0.6) is 0 Å². The summed E-state index contributed by atoms with van der Waals surface area (Å²) >= 11 is 0. The van der Waals surface area contributed by atoms with E-state index >= 15 is 0 Å². The van der Waals surface area contributed by atoms with Gasteiger partial charge in [-0.25, -0.2) is 4.98 Å². The maximum absolute atomic E-state index is 10.6. The van der Waals surface area contributed by atoms with Gasteiger partial charge in [-0.3, -0.25) is 20.5 Å². The Balaban J connectivity index is 1.79. The molecular weight excluding hydrogens is 294 g/mol. The predicted octanol–water partition coefficient (Wildman–Crippen LogP) is 3.37. The molecule has 7 nitrogen and oxygen atoms in total. The summed E-state index contributed by atoms with van der Waals surface area (Å²) in [5.41, 5.74) is 6.51. The van der Waals surface area contributed by atoms with Crippen molar-refractivity contribution < 1.29 is 4.92 Å². The number of anilines is 1. The molecule has 1 heterocycles. The first kappa shape index (κ1) is 14.6. The topological polar surface area (TPSA) is 93.3 Å². The number of benzene rings is 2. The zero-order chi connectivity index (χ0) is 16.2. The van der Waals surface area contributed by atoms with Crippen molar-refractivity contribution >= 4 is 28.1 Å². The fraction of sp³-hybridized carbons (Fsp3) is 0.0625. The zero-order valence-corrected chi connectivity index (χ0v) is 12.3. The third-order valence-corrected chi connectivity index (χ3v) is 3.25. The Hall–Kier alpha value is -3.35. The van der Waals surface area contributed by atoms with Crippen molar-refractivity contribution in [1.29, 1.82) is 0 Å². The van der Waals surface area contributed by atoms with E-state index in [9.17, 15) is 10.1 Å². The van der Waals surface area contributed by atoms with E-state index in [0.29, 0.717) is 17.1 Å². The monoisotopic (exact) mass is 307 g/mol. The Morgan fingerprint density at radius 1 is 1.13 bits per heavy atom. The van der Waals surface area contributed by atoms with Gasteiger partial charge in [-0.05, 0) is 31.2 Å². The number of para-hydroxylation sites is 2. The number of hydrogen-bond acceptors (Lipinski definition) is 6. The van der Waals surface area contributed by atoms with E-state index in [1.807, 2.05) is 31.2 Å². The molecule has 0 saturated carbocycles. The molecule has 2 aromatic carbocycles. The van der Waals surface area contributed by atoms with E-state index in [0.717, 1.165) is 11.0 Å². The minimum Gasteiger partial charge on any atom is -0.278 e. The number of nitro benzene ring substituents is 1. The summed E-state index contributed by atoms with van der Waals surface area (Å²) in [5, 5.41) is 14.9. The Labute approximate surface area is 131 Å². The van der Waals surface area contributed by atoms with E-state index in [2.05, 4.69) is 20.5 Å². The average molecular weight is 307 g/mol. The molecule has 0 unspecified atom stereocenters. The van der Waals surface area contributed by atoms with Crippen LogP contribution in [0.2, 0.25) is 0 Å². The molecular formula is C16H13N5O2. The van der Waals surface area contributed by atoms with Crippen molar-refractivity contribution in [3.8, 4) is 0 Å². The van der Waals surface area contributed by atoms with Crippen LogP contribution in [0.3, 0.4) is 0 Å². The Bertz CT molecular complexity index is 890. The van der Waals surface area contributed by atoms with E-state index in [1.165, 1.54) is 12.1 Å². The number of nitrogens with zero attached hydrogens (tertiary/aromatic N) is 4. The van der Waals surface area contributed by atoms with Crippen LogP contribution in [0.25, 0.3) is 11.0 Å². The lowest BCUT2D eigenvalue weighted by Crippen LogP contribution is -2.03. The fourth-order valence-corrected chi connectivity index (χ4v) is 1.99. The highest BCUT2D eigenvalue weighted by atomic mass is 16.6. The standard InChI is InChI=1S/C16H13N5O2/c1-11(16-10-17-14-4-2-3-5-15(14)18-16)19-20-12-6-8-13(9-7-12)21(22)23/h2-10,20H,1H3. The van der Waals surface area contributed by atoms with Gasteiger partial charge < -0.3 is 0 Å². The number of hydrazone groups is 1. The quantitative estimate of drug-likeness (QED) is 0.453. The molecule has 0 bridgehead atoms. The summed E-state index contributed by atoms with van der Waals surface area (Å²) in [6, 6.07) is 13.6. The van der Waals surface area contributed by atoms with Crippen LogP contribution >= 0.6 is 0 Å². The normalized spacial score (nSPS) is 11.4. The first-order valence-corrected chi connectivity index (χ1v) is 6.90. The molecule has 0 atom stereocenters. The van der Waals surface area contributed by atoms with Crippen LogP contribution in [0, 0.1) is 10.1 Å². The molecule has 1 N–H and O–H groups in total. The molecule has 0 fully saturated rings. The number of aromatic nitrogens is 2. The van der Waals surface area contributed by atoms with E-state index in [4.69, 9.17) is 0 Å². The molecule has 23 heavy (non-hydrogen) atoms. The van der Waals surface area contributed by atoms with Crippen LogP contribution in [0.4, 0.5) is 11.4 Å². The summed E-state index contributed by atoms with van der Waals surface area (Å²) in [6.07, 6.45) is 1.67. The molecule has 3 rings (SSSR count). The second-order valence-electron chi connectivity index (χ2n) is 4.86. The highest BCUT2D eigenvalue weighted by Gasteiger charge is 2.05. The second-order valence-corrected chi connectivity index (χ2v) is 4.86. The smallest absolute Gasteiger partial charge is 0.269 e. The summed E-state index contributed by atoms with van der Waals surface area (Å²) in [6.45, 7) is 1.82. The Kier molecular flexibility index (Phi) is 3.92. The van der Waals surface area contributed by atoms with Crippen LogP contribution < -0.4 is 5.43 Å². The van der Waals surface area contributed by atoms with Crippen LogP contribution in [0.1, 0.15) is 12.6 Å². The van der Waals surface area contributed by atoms with Gasteiger partial charge in [0.05, 0.1) is 33.6 Å². The molecule has 7 heteroatoms. The minimum absolute atomic E-state index is 0.0386. The third-order valence-electron chi connectivity index (χ3n) is 3.25. The summed E-state index contributed by atoms with van der Waals surface area (Å²) in [5.74, 6) is 0. The van der Waals surface area contributed by atoms with Crippen LogP contribution in [-0.4, -0.2) is 20.6 Å². The lowest BCUT2D eigenvalue weighted by atomic mass is 10.2. The van der Waals surface area contributed by atoms with Gasteiger partial charge in [0.1, 0.15) is 5.69 Å². The van der Waals surface area contributed by atoms with Crippen molar-refractivity contribution in [2.75, 3.05) is 5.43 Å². The Morgan fingerprint density at radius 2 is 1.83 bits per heavy atom. The largest absolute Gasteiger partial charge is 0.278 e. The number of nitro groups is 1. The first-order valence-electron chi connectivity index (χ1n) is 6.90. The van der Waals surface area contributed by atoms with Gasteiger partial charge in [0.2, 0.25) is 0 Å². The van der Waals surface area contributed by atoms with Gasteiger partial charge in [0.25, 0.3) is 5.69 Å². The molecule has 0 aliphatic rings. The van der Waals surface area contributed by atoms with Gasteiger partial charge in [-0.15, -0.1) is 0 Å². The van der Waals surface area contributed by atoms with Crippen LogP contribution in [0.15, 0.2) is 59.8 Å². The van der Waals surface area contributed by atoms with Gasteiger partial charge in [0, 0.05) is 12.1 Å². The predicted molar refractivity (Wildman–Crippen MR) is 88.5 cm³/mol. The molecule has 0 aliphatic heterocycles. The SMILES string of the molecule is CC(=NNc1ccc([N+](=O)[O-])cc1)c1cnc2ccccc2n1. The van der Waals surface area contributed by atoms with Gasteiger partial charge in [-0.1, -0.05) is 12.1 Å². The third kappa shape index (κ3) is 3.29. The van der Waals surface area contributed by atoms with Gasteiger partial charge >= 0.3 is 0 Å².